The lowest BCUT2D eigenvalue weighted by Gasteiger charge is -2.30. The number of aliphatic hydroxyl groups excluding tert-OH is 1. The van der Waals surface area contributed by atoms with Crippen molar-refractivity contribution in [2.24, 2.45) is 11.8 Å². The van der Waals surface area contributed by atoms with E-state index in [2.05, 4.69) is 19.2 Å². The summed E-state index contributed by atoms with van der Waals surface area (Å²) in [7, 11) is 0. The number of carboxylic acid groups (broad SMARTS) is 1. The molecule has 1 aromatic rings. The van der Waals surface area contributed by atoms with E-state index in [1.165, 1.54) is 0 Å². The van der Waals surface area contributed by atoms with Crippen LogP contribution in [0.4, 0.5) is 4.79 Å². The smallest absolute Gasteiger partial charge is 0.408 e. The molecule has 0 fully saturated rings. The molecule has 0 heterocycles. The van der Waals surface area contributed by atoms with Crippen molar-refractivity contribution < 1.29 is 34.0 Å². The normalized spacial score (nSPS) is 15.5. The summed E-state index contributed by atoms with van der Waals surface area (Å²) in [4.78, 5) is 23.4. The molecule has 0 aromatic heterocycles. The number of carbonyl (C=O) groups is 2. The molecule has 188 valence electrons. The highest BCUT2D eigenvalue weighted by molar-refractivity contribution is 5.80. The zero-order valence-corrected chi connectivity index (χ0v) is 20.7. The van der Waals surface area contributed by atoms with Crippen molar-refractivity contribution in [3.05, 3.63) is 35.9 Å². The number of hydrogen-bond donors (Lipinski definition) is 3. The second-order valence-corrected chi connectivity index (χ2v) is 9.78. The predicted molar refractivity (Wildman–Crippen MR) is 126 cm³/mol. The van der Waals surface area contributed by atoms with Gasteiger partial charge in [0.1, 0.15) is 5.60 Å². The van der Waals surface area contributed by atoms with Crippen molar-refractivity contribution in [1.29, 1.82) is 0 Å². The molecule has 33 heavy (non-hydrogen) atoms. The lowest BCUT2D eigenvalue weighted by Crippen LogP contribution is -2.46. The maximum absolute atomic E-state index is 11.9. The molecule has 0 saturated heterocycles. The van der Waals surface area contributed by atoms with Crippen LogP contribution in [0.2, 0.25) is 0 Å². The summed E-state index contributed by atoms with van der Waals surface area (Å²) < 4.78 is 16.8. The molecule has 3 N–H and O–H groups in total. The number of amides is 1. The van der Waals surface area contributed by atoms with Crippen LogP contribution >= 0.6 is 0 Å². The van der Waals surface area contributed by atoms with Gasteiger partial charge in [-0.3, -0.25) is 0 Å². The number of rotatable bonds is 14. The minimum atomic E-state index is -1.22. The Bertz CT molecular complexity index is 700. The van der Waals surface area contributed by atoms with E-state index in [1.54, 1.807) is 27.7 Å². The summed E-state index contributed by atoms with van der Waals surface area (Å²) in [5.41, 5.74) is 0.390. The molecule has 8 nitrogen and oxygen atoms in total. The van der Waals surface area contributed by atoms with Gasteiger partial charge in [0.25, 0.3) is 0 Å². The zero-order chi connectivity index (χ0) is 25.0. The molecular formula is C25H41NO7. The van der Waals surface area contributed by atoms with Gasteiger partial charge in [0, 0.05) is 13.2 Å². The number of ether oxygens (including phenoxy) is 3. The van der Waals surface area contributed by atoms with Crippen molar-refractivity contribution in [2.45, 2.75) is 78.2 Å². The molecule has 0 aliphatic heterocycles. The first-order valence-corrected chi connectivity index (χ1v) is 11.5. The number of hydrogen-bond acceptors (Lipinski definition) is 6. The highest BCUT2D eigenvalue weighted by Crippen LogP contribution is 2.22. The Morgan fingerprint density at radius 1 is 1.06 bits per heavy atom. The summed E-state index contributed by atoms with van der Waals surface area (Å²) in [6.07, 6.45) is -0.612. The van der Waals surface area contributed by atoms with Gasteiger partial charge in [-0.1, -0.05) is 44.2 Å². The van der Waals surface area contributed by atoms with E-state index in [-0.39, 0.29) is 25.2 Å². The minimum Gasteiger partial charge on any atom is -0.480 e. The van der Waals surface area contributed by atoms with E-state index in [1.807, 2.05) is 30.3 Å². The first-order chi connectivity index (χ1) is 15.4. The van der Waals surface area contributed by atoms with Crippen molar-refractivity contribution in [3.63, 3.8) is 0 Å². The van der Waals surface area contributed by atoms with Crippen LogP contribution in [0.3, 0.4) is 0 Å². The van der Waals surface area contributed by atoms with E-state index >= 15 is 0 Å². The number of alkyl carbamates (subject to hydrolysis) is 1. The SMILES string of the molecule is CC(C)CO[C@H]([C@H](CCOCC(NC(=O)OC(C)(C)C)C(=O)O)Cc1ccccc1)[C@H](C)O. The summed E-state index contributed by atoms with van der Waals surface area (Å²) in [6, 6.07) is 8.72. The molecule has 1 aromatic carbocycles. The Labute approximate surface area is 197 Å². The van der Waals surface area contributed by atoms with E-state index in [0.717, 1.165) is 5.56 Å². The Balaban J connectivity index is 2.74. The molecule has 1 rings (SSSR count). The number of benzene rings is 1. The van der Waals surface area contributed by atoms with Gasteiger partial charge in [-0.2, -0.15) is 0 Å². The lowest BCUT2D eigenvalue weighted by molar-refractivity contribution is -0.141. The largest absolute Gasteiger partial charge is 0.480 e. The van der Waals surface area contributed by atoms with E-state index in [4.69, 9.17) is 14.2 Å². The number of aliphatic hydroxyl groups is 1. The van der Waals surface area contributed by atoms with E-state index in [0.29, 0.717) is 25.4 Å². The van der Waals surface area contributed by atoms with Gasteiger partial charge in [0.2, 0.25) is 0 Å². The average Bonchev–Trinajstić information content (AvgIpc) is 2.68. The molecule has 0 spiro atoms. The molecule has 4 atom stereocenters. The average molecular weight is 468 g/mol. The number of aliphatic carboxylic acids is 1. The number of nitrogens with one attached hydrogen (secondary N) is 1. The fraction of sp³-hybridized carbons (Fsp3) is 0.680. The van der Waals surface area contributed by atoms with Gasteiger partial charge in [-0.15, -0.1) is 0 Å². The quantitative estimate of drug-likeness (QED) is 0.358. The topological polar surface area (TPSA) is 114 Å². The maximum Gasteiger partial charge on any atom is 0.408 e. The number of carbonyl (C=O) groups excluding carboxylic acids is 1. The minimum absolute atomic E-state index is 0.0340. The van der Waals surface area contributed by atoms with Crippen molar-refractivity contribution >= 4 is 12.1 Å². The van der Waals surface area contributed by atoms with Gasteiger partial charge in [-0.05, 0) is 57.9 Å². The van der Waals surface area contributed by atoms with Crippen LogP contribution in [0.25, 0.3) is 0 Å². The summed E-state index contributed by atoms with van der Waals surface area (Å²) in [5, 5.41) is 22.1. The van der Waals surface area contributed by atoms with Crippen LogP contribution in [0, 0.1) is 11.8 Å². The van der Waals surface area contributed by atoms with Crippen LogP contribution in [0.5, 0.6) is 0 Å². The van der Waals surface area contributed by atoms with Crippen LogP contribution in [-0.2, 0) is 25.4 Å². The van der Waals surface area contributed by atoms with E-state index in [9.17, 15) is 19.8 Å². The fourth-order valence-corrected chi connectivity index (χ4v) is 3.33. The third-order valence-corrected chi connectivity index (χ3v) is 4.81. The van der Waals surface area contributed by atoms with E-state index < -0.39 is 29.8 Å². The molecule has 0 aliphatic rings. The van der Waals surface area contributed by atoms with Gasteiger partial charge >= 0.3 is 12.1 Å². The predicted octanol–water partition coefficient (Wildman–Crippen LogP) is 3.65. The Morgan fingerprint density at radius 2 is 1.70 bits per heavy atom. The fourth-order valence-electron chi connectivity index (χ4n) is 3.33. The van der Waals surface area contributed by atoms with Crippen LogP contribution in [-0.4, -0.2) is 65.9 Å². The summed E-state index contributed by atoms with van der Waals surface area (Å²) in [5.74, 6) is -0.910. The monoisotopic (exact) mass is 467 g/mol. The Kier molecular flexibility index (Phi) is 12.4. The highest BCUT2D eigenvalue weighted by atomic mass is 16.6. The molecule has 8 heteroatoms. The Morgan fingerprint density at radius 3 is 2.21 bits per heavy atom. The lowest BCUT2D eigenvalue weighted by atomic mass is 9.88. The standard InChI is InChI=1S/C25H41NO7/c1-17(2)15-32-22(18(3)27)20(14-19-10-8-7-9-11-19)12-13-31-16-21(23(28)29)26-24(30)33-25(4,5)6/h7-11,17-18,20-22,27H,12-16H2,1-6H3,(H,26,30)(H,28,29)/t18-,20+,21?,22-/m0/s1. The molecule has 0 aliphatic carbocycles. The zero-order valence-electron chi connectivity index (χ0n) is 20.7. The van der Waals surface area contributed by atoms with Crippen LogP contribution < -0.4 is 5.32 Å². The van der Waals surface area contributed by atoms with Gasteiger partial charge in [0.15, 0.2) is 6.04 Å². The second-order valence-electron chi connectivity index (χ2n) is 9.78. The van der Waals surface area contributed by atoms with Crippen molar-refractivity contribution in [2.75, 3.05) is 19.8 Å². The van der Waals surface area contributed by atoms with Gasteiger partial charge in [-0.25, -0.2) is 9.59 Å². The molecule has 1 amide bonds. The van der Waals surface area contributed by atoms with Gasteiger partial charge in [0.05, 0.1) is 18.8 Å². The van der Waals surface area contributed by atoms with Crippen molar-refractivity contribution in [1.82, 2.24) is 5.32 Å². The third-order valence-electron chi connectivity index (χ3n) is 4.81. The first kappa shape index (κ1) is 28.9. The highest BCUT2D eigenvalue weighted by Gasteiger charge is 2.28. The van der Waals surface area contributed by atoms with Gasteiger partial charge < -0.3 is 29.7 Å². The summed E-state index contributed by atoms with van der Waals surface area (Å²) in [6.45, 7) is 11.5. The van der Waals surface area contributed by atoms with Crippen molar-refractivity contribution in [3.8, 4) is 0 Å². The molecule has 0 radical (unpaired) electrons. The van der Waals surface area contributed by atoms with Crippen LogP contribution in [0.15, 0.2) is 30.3 Å². The molecule has 0 bridgehead atoms. The summed E-state index contributed by atoms with van der Waals surface area (Å²) >= 11 is 0. The first-order valence-electron chi connectivity index (χ1n) is 11.5. The second kappa shape index (κ2) is 14.2. The van der Waals surface area contributed by atoms with Crippen LogP contribution in [0.1, 0.15) is 53.5 Å². The third kappa shape index (κ3) is 12.6. The number of carboxylic acids is 1. The maximum atomic E-state index is 11.9. The molecule has 0 saturated carbocycles. The molecule has 1 unspecified atom stereocenters. The Hall–Kier alpha value is -2.16. The molecular weight excluding hydrogens is 426 g/mol.